The van der Waals surface area contributed by atoms with E-state index in [9.17, 15) is 11.0 Å². The molecule has 0 saturated heterocycles. The number of hydrogen-bond acceptors (Lipinski definition) is 1. The van der Waals surface area contributed by atoms with Crippen molar-refractivity contribution >= 4 is 54.3 Å². The first-order valence-corrected chi connectivity index (χ1v) is 15.1. The van der Waals surface area contributed by atoms with E-state index in [4.69, 9.17) is 23.6 Å². The summed E-state index contributed by atoms with van der Waals surface area (Å²) in [7, 11) is 0. The molecule has 0 aliphatic carbocycles. The standard InChI is InChI=1S/C48H30O/c1-2-12-31(13-3-1)35-28-29-42-45(30-35)49-44-23-11-22-43(48(42)44)47-40-19-8-6-17-38(40)46(39-18-7-9-20-41(39)47)34-26-24-33(25-27-34)37-21-10-15-32-14-4-5-16-36(32)37/h1-30H/i1D,2D,3D,4D,5D,10D,11D,12D,13D,14D,15D,16D,21D,22D,23D,24D,25D,26D,27D,28D,29D,30D. The van der Waals surface area contributed by atoms with Gasteiger partial charge in [0.2, 0.25) is 0 Å². The zero-order valence-corrected chi connectivity index (χ0v) is 25.0. The van der Waals surface area contributed by atoms with Gasteiger partial charge in [-0.3, -0.25) is 0 Å². The summed E-state index contributed by atoms with van der Waals surface area (Å²) in [6, 6.07) is -2.23. The molecule has 1 aromatic heterocycles. The van der Waals surface area contributed by atoms with Gasteiger partial charge in [-0.05, 0) is 95.0 Å². The summed E-state index contributed by atoms with van der Waals surface area (Å²) in [4.78, 5) is 0. The molecule has 0 spiro atoms. The first kappa shape index (κ1) is 13.6. The summed E-state index contributed by atoms with van der Waals surface area (Å²) >= 11 is 0. The van der Waals surface area contributed by atoms with Crippen LogP contribution in [0.2, 0.25) is 0 Å². The van der Waals surface area contributed by atoms with E-state index in [0.29, 0.717) is 10.8 Å². The van der Waals surface area contributed by atoms with Crippen molar-refractivity contribution in [2.24, 2.45) is 0 Å². The highest BCUT2D eigenvalue weighted by atomic mass is 16.3. The average molecular weight is 645 g/mol. The van der Waals surface area contributed by atoms with Gasteiger partial charge >= 0.3 is 0 Å². The molecule has 0 atom stereocenters. The zero-order chi connectivity index (χ0) is 51.5. The van der Waals surface area contributed by atoms with Crippen molar-refractivity contribution < 1.29 is 34.6 Å². The molecule has 0 amide bonds. The molecule has 49 heavy (non-hydrogen) atoms. The molecule has 228 valence electrons. The number of benzene rings is 9. The van der Waals surface area contributed by atoms with E-state index in [1.807, 2.05) is 0 Å². The summed E-state index contributed by atoms with van der Waals surface area (Å²) in [5.74, 6) is 0. The zero-order valence-electron chi connectivity index (χ0n) is 47.0. The van der Waals surface area contributed by atoms with E-state index < -0.39 is 172 Å². The van der Waals surface area contributed by atoms with Crippen molar-refractivity contribution in [3.63, 3.8) is 0 Å². The third-order valence-corrected chi connectivity index (χ3v) is 8.44. The highest BCUT2D eigenvalue weighted by Gasteiger charge is 2.20. The maximum Gasteiger partial charge on any atom is 0.136 e. The van der Waals surface area contributed by atoms with Crippen molar-refractivity contribution in [3.05, 3.63) is 181 Å². The van der Waals surface area contributed by atoms with E-state index >= 15 is 0 Å². The Morgan fingerprint density at radius 2 is 0.959 bits per heavy atom. The maximum absolute atomic E-state index is 9.56. The van der Waals surface area contributed by atoms with Crippen LogP contribution in [0.4, 0.5) is 0 Å². The number of rotatable bonds is 4. The summed E-state index contributed by atoms with van der Waals surface area (Å²) in [5.41, 5.74) is -2.83. The number of fused-ring (bicyclic) bond motifs is 6. The Labute approximate surface area is 315 Å². The van der Waals surface area contributed by atoms with Crippen LogP contribution >= 0.6 is 0 Å². The predicted molar refractivity (Wildman–Crippen MR) is 208 cm³/mol. The minimum atomic E-state index is -0.765. The van der Waals surface area contributed by atoms with Gasteiger partial charge in [-0.25, -0.2) is 0 Å². The summed E-state index contributed by atoms with van der Waals surface area (Å²) in [5, 5.41) is -0.0761. The Kier molecular flexibility index (Phi) is 3.07. The quantitative estimate of drug-likeness (QED) is 0.174. The summed E-state index contributed by atoms with van der Waals surface area (Å²) in [6.45, 7) is 0. The lowest BCUT2D eigenvalue weighted by molar-refractivity contribution is 0.669. The van der Waals surface area contributed by atoms with Crippen LogP contribution in [0.5, 0.6) is 0 Å². The molecule has 0 N–H and O–H groups in total. The molecule has 0 fully saturated rings. The first-order valence-electron chi connectivity index (χ1n) is 26.1. The fourth-order valence-electron chi connectivity index (χ4n) is 6.36. The van der Waals surface area contributed by atoms with Gasteiger partial charge in [0.25, 0.3) is 0 Å². The van der Waals surface area contributed by atoms with Gasteiger partial charge in [0.05, 0.1) is 30.2 Å². The molecule has 0 saturated carbocycles. The molecule has 0 radical (unpaired) electrons. The summed E-state index contributed by atoms with van der Waals surface area (Å²) in [6.07, 6.45) is 0. The third-order valence-electron chi connectivity index (χ3n) is 8.44. The smallest absolute Gasteiger partial charge is 0.136 e. The molecule has 0 bridgehead atoms. The van der Waals surface area contributed by atoms with Gasteiger partial charge < -0.3 is 4.42 Å². The van der Waals surface area contributed by atoms with Crippen LogP contribution in [0.15, 0.2) is 186 Å². The normalized spacial score (nSPS) is 18.0. The molecule has 1 nitrogen and oxygen atoms in total. The molecule has 10 rings (SSSR count). The SMILES string of the molecule is [2H]c1c([2H])c([2H])c(-c2c([2H])c([2H])c3c(oc4c([2H])c([2H])c([2H])c(-c5c6ccccc6c(-c6c([2H])c([2H])c(-c7c([2H])c([2H])c([2H])c8c([2H])c([2H])c([2H])c([2H])c78)c([2H])c6[2H])c6ccccc56)c43)c2[2H])c([2H])c1[2H]. The molecule has 1 heteroatoms. The van der Waals surface area contributed by atoms with Crippen LogP contribution in [0.1, 0.15) is 30.2 Å². The van der Waals surface area contributed by atoms with E-state index in [2.05, 4.69) is 0 Å². The van der Waals surface area contributed by atoms with Crippen LogP contribution in [0, 0.1) is 0 Å². The van der Waals surface area contributed by atoms with Gasteiger partial charge in [0.1, 0.15) is 11.2 Å². The molecule has 0 aliphatic rings. The number of furan rings is 1. The van der Waals surface area contributed by atoms with Crippen molar-refractivity contribution in [2.75, 3.05) is 0 Å². The molecule has 1 heterocycles. The summed E-state index contributed by atoms with van der Waals surface area (Å²) < 4.78 is 201. The second kappa shape index (κ2) is 11.1. The Morgan fingerprint density at radius 1 is 0.367 bits per heavy atom. The topological polar surface area (TPSA) is 13.1 Å². The lowest BCUT2D eigenvalue weighted by Gasteiger charge is -2.18. The van der Waals surface area contributed by atoms with Gasteiger partial charge in [-0.1, -0.05) is 163 Å². The van der Waals surface area contributed by atoms with E-state index in [0.717, 1.165) is 0 Å². The van der Waals surface area contributed by atoms with Crippen molar-refractivity contribution in [3.8, 4) is 44.5 Å². The van der Waals surface area contributed by atoms with Crippen molar-refractivity contribution in [1.82, 2.24) is 0 Å². The van der Waals surface area contributed by atoms with E-state index in [1.165, 1.54) is 0 Å². The third kappa shape index (κ3) is 4.40. The highest BCUT2D eigenvalue weighted by Crippen LogP contribution is 2.47. The van der Waals surface area contributed by atoms with Crippen LogP contribution in [-0.2, 0) is 0 Å². The maximum atomic E-state index is 9.56. The Morgan fingerprint density at radius 3 is 1.71 bits per heavy atom. The Bertz CT molecular complexity index is 4020. The van der Waals surface area contributed by atoms with Gasteiger partial charge in [-0.15, -0.1) is 0 Å². The lowest BCUT2D eigenvalue weighted by atomic mass is 9.84. The van der Waals surface area contributed by atoms with Crippen molar-refractivity contribution in [1.29, 1.82) is 0 Å². The lowest BCUT2D eigenvalue weighted by Crippen LogP contribution is -1.91. The molecular formula is C48H30O. The minimum absolute atomic E-state index is 0.0834. The molecule has 10 aromatic rings. The highest BCUT2D eigenvalue weighted by molar-refractivity contribution is 6.25. The van der Waals surface area contributed by atoms with Crippen LogP contribution in [-0.4, -0.2) is 0 Å². The van der Waals surface area contributed by atoms with Gasteiger partial charge in [-0.2, -0.15) is 0 Å². The molecular weight excluding hydrogens is 593 g/mol. The second-order valence-corrected chi connectivity index (χ2v) is 11.1. The molecule has 9 aromatic carbocycles. The number of hydrogen-bond donors (Lipinski definition) is 0. The Balaban J connectivity index is 1.33. The van der Waals surface area contributed by atoms with Crippen LogP contribution in [0.25, 0.3) is 98.8 Å². The van der Waals surface area contributed by atoms with Crippen LogP contribution < -0.4 is 0 Å². The van der Waals surface area contributed by atoms with Crippen molar-refractivity contribution in [2.45, 2.75) is 0 Å². The van der Waals surface area contributed by atoms with E-state index in [1.54, 1.807) is 48.5 Å². The van der Waals surface area contributed by atoms with Gasteiger partial charge in [0, 0.05) is 10.8 Å². The fraction of sp³-hybridized carbons (Fsp3) is 0. The average Bonchev–Trinajstić information content (AvgIpc) is 3.76. The molecule has 0 unspecified atom stereocenters. The predicted octanol–water partition coefficient (Wildman–Crippen LogP) is 13.7. The largest absolute Gasteiger partial charge is 0.456 e. The monoisotopic (exact) mass is 644 g/mol. The van der Waals surface area contributed by atoms with Crippen LogP contribution in [0.3, 0.4) is 0 Å². The van der Waals surface area contributed by atoms with E-state index in [-0.39, 0.29) is 49.4 Å². The molecule has 0 aliphatic heterocycles. The minimum Gasteiger partial charge on any atom is -0.456 e. The Hall–Kier alpha value is -6.44. The second-order valence-electron chi connectivity index (χ2n) is 11.1. The first-order chi connectivity index (χ1) is 33.5. The van der Waals surface area contributed by atoms with Gasteiger partial charge in [0.15, 0.2) is 0 Å². The fourth-order valence-corrected chi connectivity index (χ4v) is 6.36.